The summed E-state index contributed by atoms with van der Waals surface area (Å²) in [7, 11) is 1.93. The van der Waals surface area contributed by atoms with Crippen LogP contribution in [-0.4, -0.2) is 14.8 Å². The highest BCUT2D eigenvalue weighted by Crippen LogP contribution is 2.38. The van der Waals surface area contributed by atoms with Crippen molar-refractivity contribution in [1.29, 1.82) is 0 Å². The zero-order chi connectivity index (χ0) is 10.3. The van der Waals surface area contributed by atoms with Crippen LogP contribution in [0.3, 0.4) is 0 Å². The van der Waals surface area contributed by atoms with Gasteiger partial charge in [-0.2, -0.15) is 5.10 Å². The summed E-state index contributed by atoms with van der Waals surface area (Å²) in [4.78, 5) is 4.50. The van der Waals surface area contributed by atoms with Gasteiger partial charge in [0.1, 0.15) is 5.82 Å². The van der Waals surface area contributed by atoms with Crippen LogP contribution >= 0.6 is 0 Å². The summed E-state index contributed by atoms with van der Waals surface area (Å²) < 4.78 is 1.83. The number of hydrogen-bond acceptors (Lipinski definition) is 3. The van der Waals surface area contributed by atoms with Crippen LogP contribution in [0, 0.1) is 5.92 Å². The first-order chi connectivity index (χ1) is 6.59. The van der Waals surface area contributed by atoms with Crippen LogP contribution in [0.15, 0.2) is 0 Å². The Balaban J connectivity index is 2.23. The van der Waals surface area contributed by atoms with Crippen molar-refractivity contribution in [1.82, 2.24) is 14.8 Å². The summed E-state index contributed by atoms with van der Waals surface area (Å²) >= 11 is 0. The van der Waals surface area contributed by atoms with Gasteiger partial charge in [-0.05, 0) is 18.8 Å². The quantitative estimate of drug-likeness (QED) is 0.790. The van der Waals surface area contributed by atoms with Crippen LogP contribution in [0.1, 0.15) is 50.3 Å². The molecule has 4 nitrogen and oxygen atoms in total. The molecule has 1 aliphatic rings. The van der Waals surface area contributed by atoms with Gasteiger partial charge >= 0.3 is 0 Å². The first-order valence-corrected chi connectivity index (χ1v) is 5.26. The van der Waals surface area contributed by atoms with Crippen molar-refractivity contribution in [2.24, 2.45) is 18.7 Å². The van der Waals surface area contributed by atoms with E-state index in [1.54, 1.807) is 0 Å². The Labute approximate surface area is 84.5 Å². The molecule has 0 aromatic carbocycles. The molecule has 0 aliphatic heterocycles. The SMILES string of the molecule is CC(C)c1nc(C(N)C2CC2)n(C)n1. The van der Waals surface area contributed by atoms with Crippen molar-refractivity contribution in [3.05, 3.63) is 11.6 Å². The van der Waals surface area contributed by atoms with E-state index in [0.717, 1.165) is 11.6 Å². The second-order valence-electron chi connectivity index (χ2n) is 4.47. The Kier molecular flexibility index (Phi) is 2.31. The van der Waals surface area contributed by atoms with E-state index in [1.807, 2.05) is 11.7 Å². The number of hydrogen-bond donors (Lipinski definition) is 1. The molecule has 1 heterocycles. The summed E-state index contributed by atoms with van der Waals surface area (Å²) in [6.45, 7) is 4.20. The predicted molar refractivity (Wildman–Crippen MR) is 54.7 cm³/mol. The molecule has 14 heavy (non-hydrogen) atoms. The van der Waals surface area contributed by atoms with Crippen molar-refractivity contribution in [2.75, 3.05) is 0 Å². The maximum Gasteiger partial charge on any atom is 0.153 e. The molecule has 2 rings (SSSR count). The Morgan fingerprint density at radius 3 is 2.50 bits per heavy atom. The van der Waals surface area contributed by atoms with Crippen molar-refractivity contribution in [3.63, 3.8) is 0 Å². The molecular formula is C10H18N4. The van der Waals surface area contributed by atoms with E-state index in [1.165, 1.54) is 12.8 Å². The van der Waals surface area contributed by atoms with Gasteiger partial charge in [0.15, 0.2) is 5.82 Å². The summed E-state index contributed by atoms with van der Waals surface area (Å²) in [5.74, 6) is 2.86. The summed E-state index contributed by atoms with van der Waals surface area (Å²) in [6, 6.07) is 0.0833. The largest absolute Gasteiger partial charge is 0.321 e. The standard InChI is InChI=1S/C10H18N4/c1-6(2)9-12-10(14(3)13-9)8(11)7-4-5-7/h6-8H,4-5,11H2,1-3H3. The molecule has 1 aromatic heterocycles. The van der Waals surface area contributed by atoms with Crippen molar-refractivity contribution in [2.45, 2.75) is 38.6 Å². The normalized spacial score (nSPS) is 18.9. The fourth-order valence-corrected chi connectivity index (χ4v) is 1.62. The average Bonchev–Trinajstić information content (AvgIpc) is 2.88. The second kappa shape index (κ2) is 3.35. The Hall–Kier alpha value is -0.900. The molecule has 1 atom stereocenters. The van der Waals surface area contributed by atoms with Crippen LogP contribution in [0.25, 0.3) is 0 Å². The highest BCUT2D eigenvalue weighted by Gasteiger charge is 2.32. The molecule has 0 spiro atoms. The van der Waals surface area contributed by atoms with Crippen LogP contribution in [0.2, 0.25) is 0 Å². The van der Waals surface area contributed by atoms with Gasteiger partial charge < -0.3 is 5.73 Å². The fraction of sp³-hybridized carbons (Fsp3) is 0.800. The van der Waals surface area contributed by atoms with E-state index < -0.39 is 0 Å². The molecule has 0 bridgehead atoms. The molecular weight excluding hydrogens is 176 g/mol. The topological polar surface area (TPSA) is 56.7 Å². The molecule has 0 saturated heterocycles. The second-order valence-corrected chi connectivity index (χ2v) is 4.47. The summed E-state index contributed by atoms with van der Waals surface area (Å²) in [6.07, 6.45) is 2.48. The number of aryl methyl sites for hydroxylation is 1. The van der Waals surface area contributed by atoms with Gasteiger partial charge in [0, 0.05) is 13.0 Å². The van der Waals surface area contributed by atoms with Crippen LogP contribution in [0.4, 0.5) is 0 Å². The highest BCUT2D eigenvalue weighted by molar-refractivity contribution is 5.05. The number of rotatable bonds is 3. The monoisotopic (exact) mass is 194 g/mol. The zero-order valence-corrected chi connectivity index (χ0v) is 9.07. The van der Waals surface area contributed by atoms with E-state index in [4.69, 9.17) is 5.73 Å². The highest BCUT2D eigenvalue weighted by atomic mass is 15.3. The van der Waals surface area contributed by atoms with E-state index in [9.17, 15) is 0 Å². The van der Waals surface area contributed by atoms with Crippen molar-refractivity contribution >= 4 is 0 Å². The van der Waals surface area contributed by atoms with E-state index >= 15 is 0 Å². The molecule has 0 amide bonds. The molecule has 1 unspecified atom stereocenters. The van der Waals surface area contributed by atoms with Gasteiger partial charge in [-0.25, -0.2) is 4.98 Å². The lowest BCUT2D eigenvalue weighted by molar-refractivity contribution is 0.551. The average molecular weight is 194 g/mol. The first kappa shape index (κ1) is 9.65. The summed E-state index contributed by atoms with van der Waals surface area (Å²) in [5, 5.41) is 4.37. The predicted octanol–water partition coefficient (Wildman–Crippen LogP) is 1.35. The molecule has 1 aliphatic carbocycles. The lowest BCUT2D eigenvalue weighted by Gasteiger charge is -2.07. The lowest BCUT2D eigenvalue weighted by atomic mass is 10.2. The minimum Gasteiger partial charge on any atom is -0.321 e. The van der Waals surface area contributed by atoms with Gasteiger partial charge in [-0.1, -0.05) is 13.8 Å². The third-order valence-corrected chi connectivity index (χ3v) is 2.76. The zero-order valence-electron chi connectivity index (χ0n) is 9.07. The molecule has 1 aromatic rings. The van der Waals surface area contributed by atoms with Crippen LogP contribution in [-0.2, 0) is 7.05 Å². The fourth-order valence-electron chi connectivity index (χ4n) is 1.62. The van der Waals surface area contributed by atoms with Crippen molar-refractivity contribution in [3.8, 4) is 0 Å². The van der Waals surface area contributed by atoms with E-state index in [0.29, 0.717) is 11.8 Å². The molecule has 1 saturated carbocycles. The molecule has 78 valence electrons. The van der Waals surface area contributed by atoms with Gasteiger partial charge in [0.25, 0.3) is 0 Å². The van der Waals surface area contributed by atoms with Gasteiger partial charge in [-0.15, -0.1) is 0 Å². The smallest absolute Gasteiger partial charge is 0.153 e. The Morgan fingerprint density at radius 2 is 2.07 bits per heavy atom. The van der Waals surface area contributed by atoms with Crippen molar-refractivity contribution < 1.29 is 0 Å². The van der Waals surface area contributed by atoms with Gasteiger partial charge in [0.05, 0.1) is 6.04 Å². The Bertz CT molecular complexity index is 325. The number of nitrogens with zero attached hydrogens (tertiary/aromatic N) is 3. The molecule has 1 fully saturated rings. The maximum absolute atomic E-state index is 6.09. The Morgan fingerprint density at radius 1 is 1.43 bits per heavy atom. The third-order valence-electron chi connectivity index (χ3n) is 2.76. The van der Waals surface area contributed by atoms with Crippen LogP contribution in [0.5, 0.6) is 0 Å². The molecule has 4 heteroatoms. The maximum atomic E-state index is 6.09. The van der Waals surface area contributed by atoms with Gasteiger partial charge in [-0.3, -0.25) is 4.68 Å². The molecule has 0 radical (unpaired) electrons. The number of nitrogens with two attached hydrogens (primary N) is 1. The van der Waals surface area contributed by atoms with E-state index in [2.05, 4.69) is 23.9 Å². The first-order valence-electron chi connectivity index (χ1n) is 5.26. The minimum atomic E-state index is 0.0833. The molecule has 2 N–H and O–H groups in total. The third kappa shape index (κ3) is 1.66. The van der Waals surface area contributed by atoms with Crippen LogP contribution < -0.4 is 5.73 Å². The minimum absolute atomic E-state index is 0.0833. The van der Waals surface area contributed by atoms with Gasteiger partial charge in [0.2, 0.25) is 0 Å². The lowest BCUT2D eigenvalue weighted by Crippen LogP contribution is -2.17. The number of aromatic nitrogens is 3. The van der Waals surface area contributed by atoms with E-state index in [-0.39, 0.29) is 6.04 Å². The summed E-state index contributed by atoms with van der Waals surface area (Å²) in [5.41, 5.74) is 6.09.